The Bertz CT molecular complexity index is 1630. The maximum atomic E-state index is 12.3. The number of likely N-dealkylation sites (N-methyl/N-ethyl adjacent to an activating group) is 1. The number of anilines is 1. The van der Waals surface area contributed by atoms with Gasteiger partial charge in [-0.05, 0) is 98.2 Å². The molecule has 0 aliphatic heterocycles. The molecular weight excluding hydrogens is 693 g/mol. The molecule has 0 heterocycles. The van der Waals surface area contributed by atoms with Gasteiger partial charge < -0.3 is 35.1 Å². The van der Waals surface area contributed by atoms with Crippen molar-refractivity contribution < 1.29 is 28.7 Å². The van der Waals surface area contributed by atoms with Crippen molar-refractivity contribution in [2.24, 2.45) is 5.41 Å². The predicted octanol–water partition coefficient (Wildman–Crippen LogP) is 7.12. The Balaban J connectivity index is 0.000000280. The summed E-state index contributed by atoms with van der Waals surface area (Å²) in [6.45, 7) is 2.03. The van der Waals surface area contributed by atoms with E-state index in [1.165, 1.54) is 21.6 Å². The highest BCUT2D eigenvalue weighted by Gasteiger charge is 2.35. The molecule has 1 aliphatic rings. The number of benzene rings is 4. The van der Waals surface area contributed by atoms with Crippen molar-refractivity contribution in [3.05, 3.63) is 126 Å². The molecule has 296 valence electrons. The molecule has 5 rings (SSSR count). The highest BCUT2D eigenvalue weighted by molar-refractivity contribution is 5.77. The molecule has 1 fully saturated rings. The van der Waals surface area contributed by atoms with Gasteiger partial charge in [-0.1, -0.05) is 85.6 Å². The molecule has 3 N–H and O–H groups in total. The third-order valence-electron chi connectivity index (χ3n) is 9.41. The lowest BCUT2D eigenvalue weighted by Gasteiger charge is -2.26. The summed E-state index contributed by atoms with van der Waals surface area (Å²) in [5, 5.41) is 8.70. The van der Waals surface area contributed by atoms with E-state index in [-0.39, 0.29) is 17.4 Å². The van der Waals surface area contributed by atoms with Crippen LogP contribution in [0, 0.1) is 5.41 Å². The molecule has 4 aromatic carbocycles. The second-order valence-electron chi connectivity index (χ2n) is 13.5. The zero-order valence-corrected chi connectivity index (χ0v) is 33.3. The van der Waals surface area contributed by atoms with E-state index in [4.69, 9.17) is 14.3 Å². The van der Waals surface area contributed by atoms with Gasteiger partial charge in [-0.3, -0.25) is 14.4 Å². The maximum absolute atomic E-state index is 12.3. The third kappa shape index (κ3) is 17.5. The number of hydrogen-bond donors (Lipinski definition) is 3. The zero-order chi connectivity index (χ0) is 40.3. The van der Waals surface area contributed by atoms with E-state index in [9.17, 15) is 14.4 Å². The fraction of sp³-hybridized carbons (Fsp3) is 0.378. The van der Waals surface area contributed by atoms with Crippen molar-refractivity contribution in [1.82, 2.24) is 16.0 Å². The van der Waals surface area contributed by atoms with E-state index in [1.807, 2.05) is 74.6 Å². The lowest BCUT2D eigenvalue weighted by molar-refractivity contribution is -0.124. The number of nitrogens with one attached hydrogen (secondary N) is 3. The van der Waals surface area contributed by atoms with Crippen LogP contribution >= 0.6 is 0 Å². The maximum Gasteiger partial charge on any atom is 0.220 e. The molecule has 0 radical (unpaired) electrons. The smallest absolute Gasteiger partial charge is 0.220 e. The molecule has 55 heavy (non-hydrogen) atoms. The average molecular weight is 753 g/mol. The number of aldehydes is 1. The van der Waals surface area contributed by atoms with Crippen LogP contribution in [0.25, 0.3) is 0 Å². The van der Waals surface area contributed by atoms with Crippen molar-refractivity contribution in [2.45, 2.75) is 70.4 Å². The van der Waals surface area contributed by atoms with Crippen LogP contribution in [0.2, 0.25) is 0 Å². The van der Waals surface area contributed by atoms with Gasteiger partial charge in [0.1, 0.15) is 17.8 Å². The lowest BCUT2D eigenvalue weighted by Crippen LogP contribution is -2.37. The second-order valence-corrected chi connectivity index (χ2v) is 13.5. The monoisotopic (exact) mass is 752 g/mol. The van der Waals surface area contributed by atoms with Crippen molar-refractivity contribution in [1.29, 1.82) is 0 Å². The summed E-state index contributed by atoms with van der Waals surface area (Å²) in [7, 11) is 8.56. The van der Waals surface area contributed by atoms with E-state index in [0.717, 1.165) is 68.4 Å². The average Bonchev–Trinajstić information content (AvgIpc) is 3.68. The Kier molecular flexibility index (Phi) is 21.9. The van der Waals surface area contributed by atoms with Crippen LogP contribution in [0.4, 0.5) is 5.69 Å². The van der Waals surface area contributed by atoms with E-state index in [2.05, 4.69) is 64.5 Å². The molecule has 0 aromatic heterocycles. The van der Waals surface area contributed by atoms with E-state index in [0.29, 0.717) is 25.3 Å². The van der Waals surface area contributed by atoms with Crippen LogP contribution in [0.3, 0.4) is 0 Å². The van der Waals surface area contributed by atoms with Gasteiger partial charge in [0.05, 0.1) is 14.2 Å². The van der Waals surface area contributed by atoms with Gasteiger partial charge in [0.25, 0.3) is 0 Å². The number of hydrogen-bond acceptors (Lipinski definition) is 7. The van der Waals surface area contributed by atoms with Crippen molar-refractivity contribution >= 4 is 30.7 Å². The Labute approximate surface area is 328 Å². The zero-order valence-electron chi connectivity index (χ0n) is 33.3. The summed E-state index contributed by atoms with van der Waals surface area (Å²) in [4.78, 5) is 44.0. The number of carbonyl (C=O) groups excluding carboxylic acids is 4. The van der Waals surface area contributed by atoms with E-state index < -0.39 is 0 Å². The first-order valence-electron chi connectivity index (χ1n) is 18.7. The molecule has 0 bridgehead atoms. The predicted molar refractivity (Wildman–Crippen MR) is 221 cm³/mol. The van der Waals surface area contributed by atoms with Crippen LogP contribution < -0.4 is 30.3 Å². The second kappa shape index (κ2) is 26.3. The number of ether oxygens (including phenoxy) is 2. The number of carbonyl (C=O) groups is 4. The van der Waals surface area contributed by atoms with E-state index >= 15 is 0 Å². The minimum atomic E-state index is -0.0711. The topological polar surface area (TPSA) is 126 Å². The van der Waals surface area contributed by atoms with E-state index in [1.54, 1.807) is 28.3 Å². The summed E-state index contributed by atoms with van der Waals surface area (Å²) in [5.41, 5.74) is 4.63. The Morgan fingerprint density at radius 1 is 0.764 bits per heavy atom. The van der Waals surface area contributed by atoms with Gasteiger partial charge in [0.2, 0.25) is 18.7 Å². The molecule has 10 heteroatoms. The molecular formula is C45H60N4O6. The molecule has 0 saturated heterocycles. The van der Waals surface area contributed by atoms with Gasteiger partial charge in [-0.25, -0.2) is 0 Å². The number of nitrogens with zero attached hydrogens (tertiary/aromatic N) is 1. The minimum Gasteiger partial charge on any atom is -0.497 e. The van der Waals surface area contributed by atoms with Gasteiger partial charge >= 0.3 is 0 Å². The Morgan fingerprint density at radius 2 is 1.25 bits per heavy atom. The van der Waals surface area contributed by atoms with Crippen LogP contribution in [0.1, 0.15) is 68.2 Å². The van der Waals surface area contributed by atoms with Crippen molar-refractivity contribution in [2.75, 3.05) is 40.3 Å². The first-order chi connectivity index (χ1) is 26.7. The SMILES string of the molecule is CC(Cc1ccccc1)NC(=O)CC1(CC=O)CCCC1.CNC=O.CN[C@@H](Cc1ccccc1)c1ccc(OC)cc1.COc1ccc(N(C)C=O)cc1. The fourth-order valence-corrected chi connectivity index (χ4v) is 6.39. The Hall–Kier alpha value is -5.48. The molecule has 3 amide bonds. The molecule has 1 unspecified atom stereocenters. The molecule has 1 saturated carbocycles. The molecule has 1 aliphatic carbocycles. The molecule has 2 atom stereocenters. The summed E-state index contributed by atoms with van der Waals surface area (Å²) in [6.07, 6.45) is 9.50. The highest BCUT2D eigenvalue weighted by Crippen LogP contribution is 2.43. The van der Waals surface area contributed by atoms with Crippen LogP contribution in [0.5, 0.6) is 11.5 Å². The normalized spacial score (nSPS) is 13.3. The molecule has 0 spiro atoms. The summed E-state index contributed by atoms with van der Waals surface area (Å²) in [5.74, 6) is 1.77. The quantitative estimate of drug-likeness (QED) is 0.104. The standard InChI is InChI=1S/C18H25NO2.C16H19NO.C9H11NO2.C2H5NO/c1-15(13-16-7-3-2-4-8-16)19-17(21)14-18(11-12-20)9-5-6-10-18;1-17-16(12-13-6-4-3-5-7-13)14-8-10-15(18-2)11-9-14;1-10(7-11)8-3-5-9(12-2)6-4-8;1-3-2-4/h2-4,7-8,12,15H,5-6,9-11,13-14H2,1H3,(H,19,21);3-11,16-17H,12H2,1-2H3;3-7H,1-2H3;2H,1H3,(H,3,4)/t;16-;;/m.0../s1. The van der Waals surface area contributed by atoms with Gasteiger partial charge in [-0.2, -0.15) is 0 Å². The largest absolute Gasteiger partial charge is 0.497 e. The summed E-state index contributed by atoms with van der Waals surface area (Å²) >= 11 is 0. The van der Waals surface area contributed by atoms with Crippen LogP contribution in [0.15, 0.2) is 109 Å². The van der Waals surface area contributed by atoms with Gasteiger partial charge in [0.15, 0.2) is 0 Å². The van der Waals surface area contributed by atoms with Gasteiger partial charge in [0, 0.05) is 44.7 Å². The van der Waals surface area contributed by atoms with Crippen LogP contribution in [-0.2, 0) is 32.0 Å². The van der Waals surface area contributed by atoms with Gasteiger partial charge in [-0.15, -0.1) is 0 Å². The fourth-order valence-electron chi connectivity index (χ4n) is 6.39. The summed E-state index contributed by atoms with van der Waals surface area (Å²) < 4.78 is 10.2. The molecule has 4 aromatic rings. The summed E-state index contributed by atoms with van der Waals surface area (Å²) in [6, 6.07) is 36.7. The first-order valence-corrected chi connectivity index (χ1v) is 18.7. The number of amides is 3. The Morgan fingerprint density at radius 3 is 1.69 bits per heavy atom. The highest BCUT2D eigenvalue weighted by atomic mass is 16.5. The third-order valence-corrected chi connectivity index (χ3v) is 9.41. The van der Waals surface area contributed by atoms with Crippen molar-refractivity contribution in [3.8, 4) is 11.5 Å². The minimum absolute atomic E-state index is 0.0711. The molecule has 10 nitrogen and oxygen atoms in total. The number of methoxy groups -OCH3 is 2. The number of rotatable bonds is 16. The first kappa shape index (κ1) is 45.7. The van der Waals surface area contributed by atoms with Crippen LogP contribution in [-0.4, -0.2) is 66.4 Å². The van der Waals surface area contributed by atoms with Crippen molar-refractivity contribution in [3.63, 3.8) is 0 Å². The lowest BCUT2D eigenvalue weighted by atomic mass is 9.79.